The standard InChI is InChI=1S/C22H35NO6/c1-6-8-12-27-18-11-10-16(15-19(18)28-13-9-7-2)14-17(20(24)25)23-21(26)29-22(3,4)5/h10-11,15,17H,6-9,12-14H2,1-5H3,(H,23,26)(H,24,25). The molecule has 0 saturated carbocycles. The van der Waals surface area contributed by atoms with Gasteiger partial charge >= 0.3 is 12.1 Å². The summed E-state index contributed by atoms with van der Waals surface area (Å²) in [6, 6.07) is 4.25. The van der Waals surface area contributed by atoms with Gasteiger partial charge in [-0.05, 0) is 51.3 Å². The fraction of sp³-hybridized carbons (Fsp3) is 0.636. The number of alkyl carbamates (subject to hydrolysis) is 1. The molecule has 0 fully saturated rings. The van der Waals surface area contributed by atoms with Crippen molar-refractivity contribution < 1.29 is 28.9 Å². The van der Waals surface area contributed by atoms with Crippen molar-refractivity contribution in [2.24, 2.45) is 0 Å². The average Bonchev–Trinajstić information content (AvgIpc) is 2.61. The van der Waals surface area contributed by atoms with E-state index in [1.54, 1.807) is 39.0 Å². The highest BCUT2D eigenvalue weighted by Crippen LogP contribution is 2.29. The van der Waals surface area contributed by atoms with Crippen LogP contribution in [0.3, 0.4) is 0 Å². The van der Waals surface area contributed by atoms with Crippen LogP contribution in [0.25, 0.3) is 0 Å². The zero-order valence-corrected chi connectivity index (χ0v) is 18.2. The first-order valence-corrected chi connectivity index (χ1v) is 10.3. The molecule has 1 amide bonds. The van der Waals surface area contributed by atoms with Crippen molar-refractivity contribution in [3.8, 4) is 11.5 Å². The van der Waals surface area contributed by atoms with E-state index < -0.39 is 23.7 Å². The number of carboxylic acid groups (broad SMARTS) is 1. The number of hydrogen-bond acceptors (Lipinski definition) is 5. The van der Waals surface area contributed by atoms with Crippen molar-refractivity contribution >= 4 is 12.1 Å². The number of aliphatic carboxylic acids is 1. The second-order valence-electron chi connectivity index (χ2n) is 7.93. The SMILES string of the molecule is CCCCOc1ccc(CC(NC(=O)OC(C)(C)C)C(=O)O)cc1OCCCC. The van der Waals surface area contributed by atoms with Crippen molar-refractivity contribution in [1.82, 2.24) is 5.32 Å². The van der Waals surface area contributed by atoms with Gasteiger partial charge in [-0.2, -0.15) is 0 Å². The van der Waals surface area contributed by atoms with Gasteiger partial charge in [-0.25, -0.2) is 9.59 Å². The molecular weight excluding hydrogens is 374 g/mol. The highest BCUT2D eigenvalue weighted by molar-refractivity contribution is 5.80. The molecule has 1 unspecified atom stereocenters. The van der Waals surface area contributed by atoms with Crippen molar-refractivity contribution in [2.45, 2.75) is 78.4 Å². The van der Waals surface area contributed by atoms with Crippen molar-refractivity contribution in [3.05, 3.63) is 23.8 Å². The minimum Gasteiger partial charge on any atom is -0.490 e. The number of rotatable bonds is 12. The summed E-state index contributed by atoms with van der Waals surface area (Å²) in [6.07, 6.45) is 3.23. The largest absolute Gasteiger partial charge is 0.490 e. The van der Waals surface area contributed by atoms with Crippen LogP contribution in [0.2, 0.25) is 0 Å². The fourth-order valence-corrected chi connectivity index (χ4v) is 2.45. The molecule has 0 heterocycles. The van der Waals surface area contributed by atoms with E-state index >= 15 is 0 Å². The van der Waals surface area contributed by atoms with Gasteiger partial charge in [-0.15, -0.1) is 0 Å². The van der Waals surface area contributed by atoms with Crippen LogP contribution >= 0.6 is 0 Å². The Morgan fingerprint density at radius 1 is 1.03 bits per heavy atom. The van der Waals surface area contributed by atoms with E-state index in [-0.39, 0.29) is 6.42 Å². The Kier molecular flexibility index (Phi) is 10.3. The van der Waals surface area contributed by atoms with E-state index in [0.29, 0.717) is 24.7 Å². The third-order valence-electron chi connectivity index (χ3n) is 3.95. The molecule has 7 heteroatoms. The molecule has 0 aliphatic carbocycles. The summed E-state index contributed by atoms with van der Waals surface area (Å²) >= 11 is 0. The number of nitrogens with one attached hydrogen (secondary N) is 1. The molecule has 0 aromatic heterocycles. The maximum Gasteiger partial charge on any atom is 0.408 e. The summed E-state index contributed by atoms with van der Waals surface area (Å²) in [7, 11) is 0. The first kappa shape index (κ1) is 24.6. The Morgan fingerprint density at radius 3 is 2.14 bits per heavy atom. The van der Waals surface area contributed by atoms with Crippen LogP contribution in [0.15, 0.2) is 18.2 Å². The number of carbonyl (C=O) groups is 2. The van der Waals surface area contributed by atoms with Crippen molar-refractivity contribution in [2.75, 3.05) is 13.2 Å². The number of carboxylic acids is 1. The third kappa shape index (κ3) is 10.1. The van der Waals surface area contributed by atoms with Gasteiger partial charge in [0.25, 0.3) is 0 Å². The highest BCUT2D eigenvalue weighted by atomic mass is 16.6. The molecule has 0 spiro atoms. The zero-order chi connectivity index (χ0) is 21.9. The van der Waals surface area contributed by atoms with E-state index in [1.165, 1.54) is 0 Å². The lowest BCUT2D eigenvalue weighted by molar-refractivity contribution is -0.139. The molecule has 1 atom stereocenters. The summed E-state index contributed by atoms with van der Waals surface area (Å²) in [5, 5.41) is 11.9. The van der Waals surface area contributed by atoms with Gasteiger partial charge in [0, 0.05) is 6.42 Å². The van der Waals surface area contributed by atoms with Crippen molar-refractivity contribution in [3.63, 3.8) is 0 Å². The lowest BCUT2D eigenvalue weighted by atomic mass is 10.1. The molecular formula is C22H35NO6. The lowest BCUT2D eigenvalue weighted by Crippen LogP contribution is -2.44. The van der Waals surface area contributed by atoms with Gasteiger partial charge in [-0.1, -0.05) is 32.8 Å². The lowest BCUT2D eigenvalue weighted by Gasteiger charge is -2.22. The molecule has 1 aromatic rings. The topological polar surface area (TPSA) is 94.1 Å². The van der Waals surface area contributed by atoms with Crippen LogP contribution in [0.4, 0.5) is 4.79 Å². The van der Waals surface area contributed by atoms with Gasteiger partial charge in [0.1, 0.15) is 11.6 Å². The molecule has 0 radical (unpaired) electrons. The monoisotopic (exact) mass is 409 g/mol. The summed E-state index contributed by atoms with van der Waals surface area (Å²) in [6.45, 7) is 10.5. The predicted octanol–water partition coefficient (Wildman–Crippen LogP) is 4.56. The molecule has 164 valence electrons. The van der Waals surface area contributed by atoms with E-state index in [9.17, 15) is 14.7 Å². The van der Waals surface area contributed by atoms with Gasteiger partial charge in [0.05, 0.1) is 13.2 Å². The Bertz CT molecular complexity index is 653. The maximum atomic E-state index is 12.0. The van der Waals surface area contributed by atoms with E-state index in [4.69, 9.17) is 14.2 Å². The minimum absolute atomic E-state index is 0.105. The van der Waals surface area contributed by atoms with E-state index in [2.05, 4.69) is 19.2 Å². The Hall–Kier alpha value is -2.44. The predicted molar refractivity (Wildman–Crippen MR) is 112 cm³/mol. The second kappa shape index (κ2) is 12.2. The number of carbonyl (C=O) groups excluding carboxylic acids is 1. The molecule has 0 aliphatic heterocycles. The molecule has 2 N–H and O–H groups in total. The second-order valence-corrected chi connectivity index (χ2v) is 7.93. The van der Waals surface area contributed by atoms with Crippen LogP contribution in [-0.2, 0) is 16.0 Å². The molecule has 7 nitrogen and oxygen atoms in total. The summed E-state index contributed by atoms with van der Waals surface area (Å²) in [5.41, 5.74) is 0.0213. The van der Waals surface area contributed by atoms with Crippen LogP contribution < -0.4 is 14.8 Å². The van der Waals surface area contributed by atoms with E-state index in [1.807, 2.05) is 0 Å². The highest BCUT2D eigenvalue weighted by Gasteiger charge is 2.24. The Morgan fingerprint density at radius 2 is 1.62 bits per heavy atom. The van der Waals surface area contributed by atoms with Gasteiger partial charge in [-0.3, -0.25) is 0 Å². The Labute approximate surface area is 173 Å². The van der Waals surface area contributed by atoms with Crippen LogP contribution in [0.1, 0.15) is 65.9 Å². The summed E-state index contributed by atoms with van der Waals surface area (Å²) < 4.78 is 16.8. The first-order valence-electron chi connectivity index (χ1n) is 10.3. The van der Waals surface area contributed by atoms with E-state index in [0.717, 1.165) is 31.2 Å². The first-order chi connectivity index (χ1) is 13.7. The minimum atomic E-state index is -1.13. The average molecular weight is 410 g/mol. The maximum absolute atomic E-state index is 12.0. The number of amides is 1. The Balaban J connectivity index is 2.91. The molecule has 1 aromatic carbocycles. The third-order valence-corrected chi connectivity index (χ3v) is 3.95. The fourth-order valence-electron chi connectivity index (χ4n) is 2.45. The summed E-state index contributed by atoms with van der Waals surface area (Å²) in [5.74, 6) is 0.103. The van der Waals surface area contributed by atoms with Crippen molar-refractivity contribution in [1.29, 1.82) is 0 Å². The molecule has 0 aliphatic rings. The zero-order valence-electron chi connectivity index (χ0n) is 18.2. The smallest absolute Gasteiger partial charge is 0.408 e. The van der Waals surface area contributed by atoms with Crippen LogP contribution in [-0.4, -0.2) is 42.0 Å². The normalized spacial score (nSPS) is 12.2. The molecule has 1 rings (SSSR count). The van der Waals surface area contributed by atoms with Crippen LogP contribution in [0, 0.1) is 0 Å². The molecule has 0 saturated heterocycles. The van der Waals surface area contributed by atoms with Gasteiger partial charge < -0.3 is 24.6 Å². The number of benzene rings is 1. The quantitative estimate of drug-likeness (QED) is 0.491. The van der Waals surface area contributed by atoms with Gasteiger partial charge in [0.15, 0.2) is 11.5 Å². The van der Waals surface area contributed by atoms with Gasteiger partial charge in [0.2, 0.25) is 0 Å². The number of ether oxygens (including phenoxy) is 3. The number of hydrogen-bond donors (Lipinski definition) is 2. The van der Waals surface area contributed by atoms with Crippen LogP contribution in [0.5, 0.6) is 11.5 Å². The molecule has 29 heavy (non-hydrogen) atoms. The number of unbranched alkanes of at least 4 members (excludes halogenated alkanes) is 2. The summed E-state index contributed by atoms with van der Waals surface area (Å²) in [4.78, 5) is 23.6. The molecule has 0 bridgehead atoms.